The summed E-state index contributed by atoms with van der Waals surface area (Å²) in [5.74, 6) is -0.782. The quantitative estimate of drug-likeness (QED) is 0.733. The number of nitrogens with one attached hydrogen (secondary N) is 1. The molecule has 0 spiro atoms. The second-order valence-electron chi connectivity index (χ2n) is 4.55. The fourth-order valence-corrected chi connectivity index (χ4v) is 2.64. The van der Waals surface area contributed by atoms with E-state index in [0.29, 0.717) is 6.42 Å². The summed E-state index contributed by atoms with van der Waals surface area (Å²) in [6.07, 6.45) is 2.73. The minimum atomic E-state index is -0.782. The minimum absolute atomic E-state index is 0.136. The van der Waals surface area contributed by atoms with Crippen LogP contribution in [-0.4, -0.2) is 22.6 Å². The van der Waals surface area contributed by atoms with Crippen molar-refractivity contribution in [1.82, 2.24) is 4.98 Å². The summed E-state index contributed by atoms with van der Waals surface area (Å²) in [4.78, 5) is 14.9. The number of aryl methyl sites for hydroxylation is 2. The van der Waals surface area contributed by atoms with Gasteiger partial charge in [-0.05, 0) is 18.4 Å². The number of aliphatic carboxylic acids is 1. The van der Waals surface area contributed by atoms with Crippen molar-refractivity contribution in [2.24, 2.45) is 0 Å². The number of thiazole rings is 1. The third-order valence-corrected chi connectivity index (χ3v) is 3.76. The number of anilines is 1. The van der Waals surface area contributed by atoms with Crippen molar-refractivity contribution < 1.29 is 9.90 Å². The molecule has 1 aromatic carbocycles. The van der Waals surface area contributed by atoms with Crippen LogP contribution >= 0.6 is 11.3 Å². The lowest BCUT2D eigenvalue weighted by molar-refractivity contribution is -0.136. The van der Waals surface area contributed by atoms with Crippen molar-refractivity contribution in [3.8, 4) is 0 Å². The molecule has 5 heteroatoms. The average molecular weight is 290 g/mol. The van der Waals surface area contributed by atoms with Gasteiger partial charge in [-0.15, -0.1) is 11.3 Å². The fourth-order valence-electron chi connectivity index (χ4n) is 1.87. The molecule has 106 valence electrons. The largest absolute Gasteiger partial charge is 0.481 e. The summed E-state index contributed by atoms with van der Waals surface area (Å²) in [6.45, 7) is 0.876. The molecule has 0 unspecified atom stereocenters. The number of rotatable bonds is 8. The Kier molecular flexibility index (Phi) is 5.55. The van der Waals surface area contributed by atoms with Crippen molar-refractivity contribution in [2.45, 2.75) is 25.7 Å². The van der Waals surface area contributed by atoms with E-state index in [1.807, 2.05) is 11.4 Å². The standard InChI is InChI=1S/C15H18N2O2S/c18-14(19)9-8-13-11-20-15(17-13)16-10-4-7-12-5-2-1-3-6-12/h1-3,5-6,11H,4,7-10H2,(H,16,17)(H,18,19). The Labute approximate surface area is 122 Å². The first-order valence-electron chi connectivity index (χ1n) is 6.68. The van der Waals surface area contributed by atoms with Crippen molar-refractivity contribution in [3.05, 3.63) is 47.0 Å². The van der Waals surface area contributed by atoms with Gasteiger partial charge in [0.25, 0.3) is 0 Å². The second-order valence-corrected chi connectivity index (χ2v) is 5.41. The van der Waals surface area contributed by atoms with Crippen molar-refractivity contribution in [1.29, 1.82) is 0 Å². The van der Waals surface area contributed by atoms with E-state index in [-0.39, 0.29) is 6.42 Å². The van der Waals surface area contributed by atoms with Gasteiger partial charge < -0.3 is 10.4 Å². The smallest absolute Gasteiger partial charge is 0.303 e. The number of aromatic nitrogens is 1. The maximum atomic E-state index is 10.5. The molecule has 0 aliphatic heterocycles. The fraction of sp³-hybridized carbons (Fsp3) is 0.333. The summed E-state index contributed by atoms with van der Waals surface area (Å²) in [7, 11) is 0. The number of carboxylic acids is 1. The maximum absolute atomic E-state index is 10.5. The SMILES string of the molecule is O=C(O)CCc1csc(NCCCc2ccccc2)n1. The molecule has 2 rings (SSSR count). The van der Waals surface area contributed by atoms with Gasteiger partial charge in [0.1, 0.15) is 0 Å². The first-order chi connectivity index (χ1) is 9.74. The van der Waals surface area contributed by atoms with E-state index in [2.05, 4.69) is 34.6 Å². The van der Waals surface area contributed by atoms with Gasteiger partial charge in [-0.2, -0.15) is 0 Å². The molecule has 0 saturated heterocycles. The van der Waals surface area contributed by atoms with E-state index in [0.717, 1.165) is 30.2 Å². The Morgan fingerprint density at radius 3 is 2.80 bits per heavy atom. The molecule has 4 nitrogen and oxygen atoms in total. The van der Waals surface area contributed by atoms with Crippen LogP contribution in [0.2, 0.25) is 0 Å². The highest BCUT2D eigenvalue weighted by Crippen LogP contribution is 2.16. The molecular formula is C15H18N2O2S. The van der Waals surface area contributed by atoms with Crippen LogP contribution in [0.4, 0.5) is 5.13 Å². The minimum Gasteiger partial charge on any atom is -0.481 e. The Bertz CT molecular complexity index is 540. The molecular weight excluding hydrogens is 272 g/mol. The van der Waals surface area contributed by atoms with E-state index in [1.165, 1.54) is 16.9 Å². The van der Waals surface area contributed by atoms with Crippen LogP contribution in [-0.2, 0) is 17.6 Å². The zero-order valence-electron chi connectivity index (χ0n) is 11.2. The highest BCUT2D eigenvalue weighted by atomic mass is 32.1. The Hall–Kier alpha value is -1.88. The second kappa shape index (κ2) is 7.65. The third-order valence-electron chi connectivity index (χ3n) is 2.91. The molecule has 0 aliphatic rings. The zero-order chi connectivity index (χ0) is 14.2. The summed E-state index contributed by atoms with van der Waals surface area (Å²) in [6, 6.07) is 10.4. The van der Waals surface area contributed by atoms with Gasteiger partial charge in [0, 0.05) is 18.3 Å². The predicted octanol–water partition coefficient (Wildman–Crippen LogP) is 3.21. The van der Waals surface area contributed by atoms with Crippen LogP contribution in [0.3, 0.4) is 0 Å². The lowest BCUT2D eigenvalue weighted by atomic mass is 10.1. The highest BCUT2D eigenvalue weighted by Gasteiger charge is 2.04. The molecule has 0 bridgehead atoms. The number of carbonyl (C=O) groups is 1. The summed E-state index contributed by atoms with van der Waals surface area (Å²) in [5.41, 5.74) is 2.19. The monoisotopic (exact) mass is 290 g/mol. The van der Waals surface area contributed by atoms with Crippen LogP contribution in [0.15, 0.2) is 35.7 Å². The molecule has 1 aromatic heterocycles. The third kappa shape index (κ3) is 5.01. The molecule has 0 radical (unpaired) electrons. The van der Waals surface area contributed by atoms with Crippen molar-refractivity contribution in [3.63, 3.8) is 0 Å². The summed E-state index contributed by atoms with van der Waals surface area (Å²) < 4.78 is 0. The molecule has 2 aromatic rings. The van der Waals surface area contributed by atoms with E-state index < -0.39 is 5.97 Å². The van der Waals surface area contributed by atoms with Crippen LogP contribution < -0.4 is 5.32 Å². The van der Waals surface area contributed by atoms with Gasteiger partial charge in [0.2, 0.25) is 0 Å². The zero-order valence-corrected chi connectivity index (χ0v) is 12.0. The molecule has 0 saturated carbocycles. The van der Waals surface area contributed by atoms with Gasteiger partial charge in [-0.3, -0.25) is 4.79 Å². The normalized spacial score (nSPS) is 10.4. The highest BCUT2D eigenvalue weighted by molar-refractivity contribution is 7.13. The molecule has 0 aliphatic carbocycles. The number of benzene rings is 1. The Morgan fingerprint density at radius 2 is 2.05 bits per heavy atom. The van der Waals surface area contributed by atoms with Gasteiger partial charge in [0.05, 0.1) is 12.1 Å². The van der Waals surface area contributed by atoms with Crippen LogP contribution in [0.1, 0.15) is 24.1 Å². The van der Waals surface area contributed by atoms with Gasteiger partial charge >= 0.3 is 5.97 Å². The van der Waals surface area contributed by atoms with Gasteiger partial charge in [0.15, 0.2) is 5.13 Å². The summed E-state index contributed by atoms with van der Waals surface area (Å²) >= 11 is 1.53. The van der Waals surface area contributed by atoms with E-state index in [4.69, 9.17) is 5.11 Å². The first kappa shape index (κ1) is 14.5. The number of hydrogen-bond acceptors (Lipinski definition) is 4. The lowest BCUT2D eigenvalue weighted by Gasteiger charge is -2.02. The van der Waals surface area contributed by atoms with Crippen molar-refractivity contribution in [2.75, 3.05) is 11.9 Å². The molecule has 1 heterocycles. The average Bonchev–Trinajstić information content (AvgIpc) is 2.90. The first-order valence-corrected chi connectivity index (χ1v) is 7.56. The number of hydrogen-bond donors (Lipinski definition) is 2. The van der Waals surface area contributed by atoms with Gasteiger partial charge in [-0.25, -0.2) is 4.98 Å². The van der Waals surface area contributed by atoms with Crippen LogP contribution in [0.5, 0.6) is 0 Å². The van der Waals surface area contributed by atoms with Crippen LogP contribution in [0, 0.1) is 0 Å². The Morgan fingerprint density at radius 1 is 1.25 bits per heavy atom. The topological polar surface area (TPSA) is 62.2 Å². The molecule has 2 N–H and O–H groups in total. The number of carboxylic acid groups (broad SMARTS) is 1. The predicted molar refractivity (Wildman–Crippen MR) is 81.3 cm³/mol. The molecule has 0 fully saturated rings. The van der Waals surface area contributed by atoms with Crippen molar-refractivity contribution >= 4 is 22.4 Å². The van der Waals surface area contributed by atoms with E-state index >= 15 is 0 Å². The van der Waals surface area contributed by atoms with E-state index in [1.54, 1.807) is 0 Å². The van der Waals surface area contributed by atoms with E-state index in [9.17, 15) is 4.79 Å². The molecule has 20 heavy (non-hydrogen) atoms. The van der Waals surface area contributed by atoms with Crippen LogP contribution in [0.25, 0.3) is 0 Å². The lowest BCUT2D eigenvalue weighted by Crippen LogP contribution is -2.03. The molecule has 0 amide bonds. The Balaban J connectivity index is 1.68. The van der Waals surface area contributed by atoms with Gasteiger partial charge in [-0.1, -0.05) is 30.3 Å². The summed E-state index contributed by atoms with van der Waals surface area (Å²) in [5, 5.41) is 14.7. The molecule has 0 atom stereocenters. The number of nitrogens with zero attached hydrogens (tertiary/aromatic N) is 1. The maximum Gasteiger partial charge on any atom is 0.303 e.